The van der Waals surface area contributed by atoms with Gasteiger partial charge in [-0.05, 0) is 25.2 Å². The van der Waals surface area contributed by atoms with Gasteiger partial charge in [0, 0.05) is 18.5 Å². The molecule has 0 N–H and O–H groups in total. The molecule has 1 aliphatic rings. The monoisotopic (exact) mass is 224 g/mol. The summed E-state index contributed by atoms with van der Waals surface area (Å²) in [6.45, 7) is 1.64. The maximum Gasteiger partial charge on any atom is 0.110 e. The summed E-state index contributed by atoms with van der Waals surface area (Å²) in [5.74, 6) is 0.552. The second-order valence-corrected chi connectivity index (χ2v) is 3.69. The van der Waals surface area contributed by atoms with E-state index in [-0.39, 0.29) is 0 Å². The number of alkyl halides is 2. The Morgan fingerprint density at radius 3 is 2.64 bits per heavy atom. The maximum atomic E-state index is 12.8. The number of rotatable bonds is 3. The second kappa shape index (κ2) is 5.09. The van der Waals surface area contributed by atoms with Crippen molar-refractivity contribution < 1.29 is 9.13 Å². The lowest BCUT2D eigenvalue weighted by Gasteiger charge is -2.22. The third-order valence-corrected chi connectivity index (χ3v) is 2.80. The minimum atomic E-state index is -0.668. The zero-order valence-electron chi connectivity index (χ0n) is 6.56. The quantitative estimate of drug-likeness (QED) is 0.670. The Morgan fingerprint density at radius 2 is 2.09 bits per heavy atom. The van der Waals surface area contributed by atoms with E-state index in [2.05, 4.69) is 15.9 Å². The summed E-state index contributed by atoms with van der Waals surface area (Å²) >= 11 is 3.14. The van der Waals surface area contributed by atoms with Crippen LogP contribution in [0.4, 0.5) is 4.39 Å². The maximum absolute atomic E-state index is 12.8. The van der Waals surface area contributed by atoms with E-state index in [4.69, 9.17) is 4.74 Å². The van der Waals surface area contributed by atoms with Crippen molar-refractivity contribution in [2.45, 2.75) is 25.4 Å². The van der Waals surface area contributed by atoms with Crippen molar-refractivity contribution in [1.82, 2.24) is 0 Å². The van der Waals surface area contributed by atoms with Crippen molar-refractivity contribution in [3.05, 3.63) is 0 Å². The van der Waals surface area contributed by atoms with Gasteiger partial charge in [0.05, 0.1) is 0 Å². The van der Waals surface area contributed by atoms with Gasteiger partial charge in [-0.2, -0.15) is 0 Å². The SMILES string of the molecule is F[C@H](CBr)CC1CCOCC1. The Balaban J connectivity index is 2.13. The summed E-state index contributed by atoms with van der Waals surface area (Å²) in [7, 11) is 0. The normalized spacial score (nSPS) is 23.5. The van der Waals surface area contributed by atoms with Crippen LogP contribution in [0.15, 0.2) is 0 Å². The summed E-state index contributed by atoms with van der Waals surface area (Å²) in [5.41, 5.74) is 0. The Morgan fingerprint density at radius 1 is 1.45 bits per heavy atom. The topological polar surface area (TPSA) is 9.23 Å². The lowest BCUT2D eigenvalue weighted by Crippen LogP contribution is -2.19. The number of halogens is 2. The van der Waals surface area contributed by atoms with E-state index < -0.39 is 6.17 Å². The summed E-state index contributed by atoms with van der Waals surface area (Å²) in [4.78, 5) is 0. The van der Waals surface area contributed by atoms with Gasteiger partial charge in [0.15, 0.2) is 0 Å². The number of hydrogen-bond acceptors (Lipinski definition) is 1. The van der Waals surface area contributed by atoms with Gasteiger partial charge in [-0.3, -0.25) is 0 Å². The number of hydrogen-bond donors (Lipinski definition) is 0. The van der Waals surface area contributed by atoms with Crippen LogP contribution in [0.3, 0.4) is 0 Å². The zero-order valence-corrected chi connectivity index (χ0v) is 8.15. The molecule has 0 radical (unpaired) electrons. The summed E-state index contributed by atoms with van der Waals surface area (Å²) in [6, 6.07) is 0. The van der Waals surface area contributed by atoms with Crippen LogP contribution in [-0.4, -0.2) is 24.7 Å². The Hall–Kier alpha value is 0.370. The fraction of sp³-hybridized carbons (Fsp3) is 1.00. The molecule has 66 valence electrons. The first-order chi connectivity index (χ1) is 5.33. The van der Waals surface area contributed by atoms with Crippen LogP contribution in [0.5, 0.6) is 0 Å². The average molecular weight is 225 g/mol. The second-order valence-electron chi connectivity index (χ2n) is 3.04. The van der Waals surface area contributed by atoms with E-state index in [9.17, 15) is 4.39 Å². The first-order valence-corrected chi connectivity index (χ1v) is 5.23. The molecule has 0 aromatic rings. The molecule has 0 aliphatic carbocycles. The van der Waals surface area contributed by atoms with Crippen molar-refractivity contribution in [3.63, 3.8) is 0 Å². The van der Waals surface area contributed by atoms with Crippen LogP contribution in [0.2, 0.25) is 0 Å². The Bertz CT molecular complexity index is 104. The van der Waals surface area contributed by atoms with Crippen LogP contribution >= 0.6 is 15.9 Å². The molecule has 1 saturated heterocycles. The highest BCUT2D eigenvalue weighted by Crippen LogP contribution is 2.21. The first-order valence-electron chi connectivity index (χ1n) is 4.10. The molecule has 1 aliphatic heterocycles. The fourth-order valence-electron chi connectivity index (χ4n) is 1.41. The van der Waals surface area contributed by atoms with E-state index in [1.54, 1.807) is 0 Å². The van der Waals surface area contributed by atoms with Crippen molar-refractivity contribution in [3.8, 4) is 0 Å². The molecule has 0 saturated carbocycles. The van der Waals surface area contributed by atoms with Gasteiger partial charge in [0.25, 0.3) is 0 Å². The van der Waals surface area contributed by atoms with Crippen LogP contribution in [0, 0.1) is 5.92 Å². The van der Waals surface area contributed by atoms with Gasteiger partial charge in [-0.25, -0.2) is 4.39 Å². The Labute approximate surface area is 75.4 Å². The number of ether oxygens (including phenoxy) is 1. The zero-order chi connectivity index (χ0) is 8.10. The molecule has 0 spiro atoms. The fourth-order valence-corrected chi connectivity index (χ4v) is 1.67. The molecule has 1 rings (SSSR count). The van der Waals surface area contributed by atoms with Crippen LogP contribution < -0.4 is 0 Å². The van der Waals surface area contributed by atoms with Crippen LogP contribution in [0.1, 0.15) is 19.3 Å². The molecule has 0 aromatic heterocycles. The minimum Gasteiger partial charge on any atom is -0.381 e. The third-order valence-electron chi connectivity index (χ3n) is 2.10. The van der Waals surface area contributed by atoms with Crippen molar-refractivity contribution in [2.24, 2.45) is 5.92 Å². The standard InChI is InChI=1S/C8H14BrFO/c9-6-8(10)5-7-1-3-11-4-2-7/h7-8H,1-6H2/t8-/m0/s1. The Kier molecular flexibility index (Phi) is 4.38. The van der Waals surface area contributed by atoms with E-state index >= 15 is 0 Å². The summed E-state index contributed by atoms with van der Waals surface area (Å²) in [6.07, 6.45) is 2.10. The molecular formula is C8H14BrFO. The molecule has 1 heterocycles. The molecule has 11 heavy (non-hydrogen) atoms. The molecule has 0 unspecified atom stereocenters. The van der Waals surface area contributed by atoms with E-state index in [0.717, 1.165) is 26.1 Å². The molecular weight excluding hydrogens is 211 g/mol. The highest BCUT2D eigenvalue weighted by Gasteiger charge is 2.17. The van der Waals surface area contributed by atoms with Crippen molar-refractivity contribution >= 4 is 15.9 Å². The van der Waals surface area contributed by atoms with Crippen LogP contribution in [0.25, 0.3) is 0 Å². The van der Waals surface area contributed by atoms with Crippen molar-refractivity contribution in [2.75, 3.05) is 18.5 Å². The highest BCUT2D eigenvalue weighted by molar-refractivity contribution is 9.09. The smallest absolute Gasteiger partial charge is 0.110 e. The van der Waals surface area contributed by atoms with Gasteiger partial charge in [-0.15, -0.1) is 0 Å². The van der Waals surface area contributed by atoms with E-state index in [1.807, 2.05) is 0 Å². The predicted octanol–water partition coefficient (Wildman–Crippen LogP) is 2.54. The lowest BCUT2D eigenvalue weighted by molar-refractivity contribution is 0.0572. The molecule has 0 aromatic carbocycles. The molecule has 1 fully saturated rings. The predicted molar refractivity (Wildman–Crippen MR) is 46.9 cm³/mol. The van der Waals surface area contributed by atoms with Crippen LogP contribution in [-0.2, 0) is 4.74 Å². The van der Waals surface area contributed by atoms with E-state index in [1.165, 1.54) is 0 Å². The third kappa shape index (κ3) is 3.52. The molecule has 0 bridgehead atoms. The van der Waals surface area contributed by atoms with Gasteiger partial charge < -0.3 is 4.74 Å². The van der Waals surface area contributed by atoms with Gasteiger partial charge in [-0.1, -0.05) is 15.9 Å². The molecule has 0 amide bonds. The largest absolute Gasteiger partial charge is 0.381 e. The molecule has 3 heteroatoms. The highest BCUT2D eigenvalue weighted by atomic mass is 79.9. The lowest BCUT2D eigenvalue weighted by atomic mass is 9.95. The molecule has 1 nitrogen and oxygen atoms in total. The summed E-state index contributed by atoms with van der Waals surface area (Å²) < 4.78 is 18.0. The average Bonchev–Trinajstić information content (AvgIpc) is 2.06. The molecule has 1 atom stereocenters. The van der Waals surface area contributed by atoms with E-state index in [0.29, 0.717) is 17.7 Å². The minimum absolute atomic E-state index is 0.477. The van der Waals surface area contributed by atoms with Gasteiger partial charge in [0.1, 0.15) is 6.17 Å². The first kappa shape index (κ1) is 9.46. The van der Waals surface area contributed by atoms with Gasteiger partial charge in [0.2, 0.25) is 0 Å². The summed E-state index contributed by atoms with van der Waals surface area (Å²) in [5, 5.41) is 0.477. The van der Waals surface area contributed by atoms with Crippen molar-refractivity contribution in [1.29, 1.82) is 0 Å². The van der Waals surface area contributed by atoms with Gasteiger partial charge >= 0.3 is 0 Å².